The van der Waals surface area contributed by atoms with E-state index in [-0.39, 0.29) is 11.4 Å². The van der Waals surface area contributed by atoms with Crippen LogP contribution in [0.2, 0.25) is 0 Å². The molecular formula is C27H39N5O3S. The molecule has 196 valence electrons. The van der Waals surface area contributed by atoms with Gasteiger partial charge in [-0.25, -0.2) is 9.78 Å². The molecular weight excluding hydrogens is 474 g/mol. The number of rotatable bonds is 13. The molecule has 2 aromatic rings. The third-order valence-electron chi connectivity index (χ3n) is 6.31. The monoisotopic (exact) mass is 513 g/mol. The summed E-state index contributed by atoms with van der Waals surface area (Å²) in [4.78, 5) is 38.9. The predicted molar refractivity (Wildman–Crippen MR) is 147 cm³/mol. The summed E-state index contributed by atoms with van der Waals surface area (Å²) >= 11 is 1.48. The molecule has 1 fully saturated rings. The van der Waals surface area contributed by atoms with E-state index in [0.29, 0.717) is 17.6 Å². The lowest BCUT2D eigenvalue weighted by Crippen LogP contribution is -2.43. The van der Waals surface area contributed by atoms with Crippen LogP contribution in [0.3, 0.4) is 0 Å². The first-order chi connectivity index (χ1) is 17.4. The summed E-state index contributed by atoms with van der Waals surface area (Å²) < 4.78 is 0. The van der Waals surface area contributed by atoms with Crippen molar-refractivity contribution in [1.29, 1.82) is 0 Å². The smallest absolute Gasteiger partial charge is 0.327 e. The predicted octanol–water partition coefficient (Wildman–Crippen LogP) is 4.46. The summed E-state index contributed by atoms with van der Waals surface area (Å²) in [5.74, 6) is 1.34. The maximum Gasteiger partial charge on any atom is 0.327 e. The molecule has 2 heterocycles. The minimum atomic E-state index is -1.05. The van der Waals surface area contributed by atoms with E-state index < -0.39 is 17.9 Å². The average molecular weight is 514 g/mol. The molecule has 0 saturated carbocycles. The molecule has 1 atom stereocenters. The van der Waals surface area contributed by atoms with Crippen LogP contribution in [-0.2, 0) is 10.5 Å². The SMILES string of the molecule is CCCN(CCC)c1cc(C(=O)N[C@@H](CSCc2ccccc2)C(=O)O)nc(N2CCC(C)CC2)n1. The topological polar surface area (TPSA) is 98.7 Å². The second-order valence-electron chi connectivity index (χ2n) is 9.43. The van der Waals surface area contributed by atoms with Crippen molar-refractivity contribution in [2.75, 3.05) is 41.7 Å². The van der Waals surface area contributed by atoms with Crippen molar-refractivity contribution >= 4 is 35.4 Å². The first-order valence-electron chi connectivity index (χ1n) is 13.0. The van der Waals surface area contributed by atoms with Crippen molar-refractivity contribution in [1.82, 2.24) is 15.3 Å². The summed E-state index contributed by atoms with van der Waals surface area (Å²) in [7, 11) is 0. The Kier molecular flexibility index (Phi) is 10.8. The lowest BCUT2D eigenvalue weighted by molar-refractivity contribution is -0.138. The number of hydrogen-bond acceptors (Lipinski definition) is 7. The molecule has 1 aliphatic heterocycles. The van der Waals surface area contributed by atoms with Gasteiger partial charge >= 0.3 is 5.97 Å². The number of nitrogens with zero attached hydrogens (tertiary/aromatic N) is 4. The minimum absolute atomic E-state index is 0.213. The van der Waals surface area contributed by atoms with Crippen LogP contribution in [-0.4, -0.2) is 64.9 Å². The summed E-state index contributed by atoms with van der Waals surface area (Å²) in [5, 5.41) is 12.5. The van der Waals surface area contributed by atoms with Crippen LogP contribution in [0.25, 0.3) is 0 Å². The number of carboxylic acid groups (broad SMARTS) is 1. The zero-order valence-corrected chi connectivity index (χ0v) is 22.5. The van der Waals surface area contributed by atoms with Crippen LogP contribution in [0.4, 0.5) is 11.8 Å². The first-order valence-corrected chi connectivity index (χ1v) is 14.1. The van der Waals surface area contributed by atoms with Crippen LogP contribution in [0.1, 0.15) is 62.5 Å². The Hall–Kier alpha value is -2.81. The maximum absolute atomic E-state index is 13.3. The Balaban J connectivity index is 1.78. The molecule has 2 N–H and O–H groups in total. The molecule has 0 bridgehead atoms. The van der Waals surface area contributed by atoms with Crippen molar-refractivity contribution in [2.24, 2.45) is 5.92 Å². The van der Waals surface area contributed by atoms with Crippen LogP contribution in [0.15, 0.2) is 36.4 Å². The van der Waals surface area contributed by atoms with E-state index in [0.717, 1.165) is 63.2 Å². The van der Waals surface area contributed by atoms with Gasteiger partial charge in [0, 0.05) is 43.8 Å². The molecule has 8 nitrogen and oxygen atoms in total. The fourth-order valence-electron chi connectivity index (χ4n) is 4.21. The molecule has 0 aliphatic carbocycles. The van der Waals surface area contributed by atoms with Gasteiger partial charge in [0.2, 0.25) is 5.95 Å². The minimum Gasteiger partial charge on any atom is -0.480 e. The fourth-order valence-corrected chi connectivity index (χ4v) is 5.21. The maximum atomic E-state index is 13.3. The number of carboxylic acids is 1. The van der Waals surface area contributed by atoms with Crippen molar-refractivity contribution < 1.29 is 14.7 Å². The quantitative estimate of drug-likeness (QED) is 0.405. The lowest BCUT2D eigenvalue weighted by atomic mass is 10.00. The van der Waals surface area contributed by atoms with Gasteiger partial charge in [0.05, 0.1) is 0 Å². The summed E-state index contributed by atoms with van der Waals surface area (Å²) in [5.41, 5.74) is 1.33. The number of benzene rings is 1. The van der Waals surface area contributed by atoms with Crippen LogP contribution in [0.5, 0.6) is 0 Å². The van der Waals surface area contributed by atoms with Gasteiger partial charge in [-0.05, 0) is 37.2 Å². The van der Waals surface area contributed by atoms with Gasteiger partial charge < -0.3 is 20.2 Å². The Labute approximate surface area is 218 Å². The zero-order valence-electron chi connectivity index (χ0n) is 21.7. The van der Waals surface area contributed by atoms with E-state index in [1.807, 2.05) is 30.3 Å². The van der Waals surface area contributed by atoms with E-state index in [2.05, 4.69) is 40.9 Å². The van der Waals surface area contributed by atoms with Crippen LogP contribution in [0, 0.1) is 5.92 Å². The molecule has 1 amide bonds. The van der Waals surface area contributed by atoms with E-state index in [4.69, 9.17) is 4.98 Å². The number of piperidine rings is 1. The Bertz CT molecular complexity index is 977. The van der Waals surface area contributed by atoms with Crippen molar-refractivity contribution in [3.05, 3.63) is 47.7 Å². The molecule has 3 rings (SSSR count). The number of amides is 1. The zero-order chi connectivity index (χ0) is 25.9. The molecule has 0 spiro atoms. The standard InChI is InChI=1S/C27H39N5O3S/c1-4-13-31(14-5-2)24-17-22(29-27(30-24)32-15-11-20(3)12-16-32)25(33)28-23(26(34)35)19-36-18-21-9-7-6-8-10-21/h6-10,17,20,23H,4-5,11-16,18-19H2,1-3H3,(H,28,33)(H,34,35)/t23-/m0/s1. The number of aliphatic carboxylic acids is 1. The molecule has 0 radical (unpaired) electrons. The van der Waals surface area contributed by atoms with Gasteiger partial charge in [0.15, 0.2) is 0 Å². The van der Waals surface area contributed by atoms with Gasteiger partial charge in [0.1, 0.15) is 17.6 Å². The fraction of sp³-hybridized carbons (Fsp3) is 0.556. The van der Waals surface area contributed by atoms with Gasteiger partial charge in [-0.1, -0.05) is 51.1 Å². The summed E-state index contributed by atoms with van der Waals surface area (Å²) in [6.07, 6.45) is 4.04. The highest BCUT2D eigenvalue weighted by molar-refractivity contribution is 7.98. The summed E-state index contributed by atoms with van der Waals surface area (Å²) in [6, 6.07) is 10.6. The molecule has 1 aromatic carbocycles. The average Bonchev–Trinajstić information content (AvgIpc) is 2.88. The highest BCUT2D eigenvalue weighted by Gasteiger charge is 2.25. The Morgan fingerprint density at radius 3 is 2.42 bits per heavy atom. The van der Waals surface area contributed by atoms with Crippen LogP contribution < -0.4 is 15.1 Å². The van der Waals surface area contributed by atoms with E-state index in [9.17, 15) is 14.7 Å². The number of carbonyl (C=O) groups is 2. The summed E-state index contributed by atoms with van der Waals surface area (Å²) in [6.45, 7) is 9.85. The molecule has 0 unspecified atom stereocenters. The highest BCUT2D eigenvalue weighted by atomic mass is 32.2. The second kappa shape index (κ2) is 14.1. The lowest BCUT2D eigenvalue weighted by Gasteiger charge is -2.31. The second-order valence-corrected chi connectivity index (χ2v) is 10.5. The Morgan fingerprint density at radius 1 is 1.14 bits per heavy atom. The van der Waals surface area contributed by atoms with E-state index in [1.165, 1.54) is 11.8 Å². The number of carbonyl (C=O) groups excluding carboxylic acids is 1. The van der Waals surface area contributed by atoms with Crippen molar-refractivity contribution in [3.8, 4) is 0 Å². The number of nitrogens with one attached hydrogen (secondary N) is 1. The third kappa shape index (κ3) is 8.11. The van der Waals surface area contributed by atoms with E-state index in [1.54, 1.807) is 6.07 Å². The van der Waals surface area contributed by atoms with Crippen molar-refractivity contribution in [2.45, 2.75) is 58.2 Å². The largest absolute Gasteiger partial charge is 0.480 e. The normalized spacial score (nSPS) is 14.9. The highest BCUT2D eigenvalue weighted by Crippen LogP contribution is 2.24. The van der Waals surface area contributed by atoms with Gasteiger partial charge in [-0.3, -0.25) is 4.79 Å². The van der Waals surface area contributed by atoms with Crippen LogP contribution >= 0.6 is 11.8 Å². The first kappa shape index (κ1) is 27.8. The molecule has 36 heavy (non-hydrogen) atoms. The molecule has 1 aromatic heterocycles. The molecule has 1 saturated heterocycles. The number of thioether (sulfide) groups is 1. The van der Waals surface area contributed by atoms with Gasteiger partial charge in [0.25, 0.3) is 5.91 Å². The number of hydrogen-bond donors (Lipinski definition) is 2. The van der Waals surface area contributed by atoms with Gasteiger partial charge in [-0.2, -0.15) is 16.7 Å². The molecule has 1 aliphatic rings. The third-order valence-corrected chi connectivity index (χ3v) is 7.42. The molecule has 9 heteroatoms. The van der Waals surface area contributed by atoms with Gasteiger partial charge in [-0.15, -0.1) is 0 Å². The Morgan fingerprint density at radius 2 is 1.81 bits per heavy atom. The van der Waals surface area contributed by atoms with E-state index >= 15 is 0 Å². The number of anilines is 2. The van der Waals surface area contributed by atoms with Crippen molar-refractivity contribution in [3.63, 3.8) is 0 Å². The number of aromatic nitrogens is 2.